The maximum Gasteiger partial charge on any atom is 0.408 e. The highest BCUT2D eigenvalue weighted by atomic mass is 32.2. The third kappa shape index (κ3) is 9.58. The number of rotatable bonds is 12. The van der Waals surface area contributed by atoms with E-state index < -0.39 is 29.3 Å². The van der Waals surface area contributed by atoms with E-state index in [1.807, 2.05) is 89.4 Å². The molecule has 0 saturated carbocycles. The summed E-state index contributed by atoms with van der Waals surface area (Å²) in [6, 6.07) is 13.9. The first-order chi connectivity index (χ1) is 18.7. The van der Waals surface area contributed by atoms with Gasteiger partial charge in [-0.15, -0.1) is 0 Å². The number of ether oxygens (including phenoxy) is 1. The molecule has 8 heteroatoms. The lowest BCUT2D eigenvalue weighted by atomic mass is 9.89. The molecule has 0 aliphatic rings. The molecule has 0 heterocycles. The number of hydrogen-bond donors (Lipinski definition) is 2. The van der Waals surface area contributed by atoms with E-state index in [4.69, 9.17) is 4.74 Å². The van der Waals surface area contributed by atoms with Crippen LogP contribution in [-0.4, -0.2) is 52.0 Å². The van der Waals surface area contributed by atoms with Gasteiger partial charge < -0.3 is 20.3 Å². The predicted molar refractivity (Wildman–Crippen MR) is 164 cm³/mol. The third-order valence-corrected chi connectivity index (χ3v) is 7.53. The average molecular weight is 570 g/mol. The first-order valence-corrected chi connectivity index (χ1v) is 15.3. The van der Waals surface area contributed by atoms with Crippen molar-refractivity contribution in [3.63, 3.8) is 0 Å². The summed E-state index contributed by atoms with van der Waals surface area (Å²) in [6.07, 6.45) is 2.31. The van der Waals surface area contributed by atoms with Gasteiger partial charge in [-0.25, -0.2) is 4.79 Å². The van der Waals surface area contributed by atoms with Crippen molar-refractivity contribution in [1.29, 1.82) is 0 Å². The van der Waals surface area contributed by atoms with Crippen molar-refractivity contribution in [3.8, 4) is 0 Å². The topological polar surface area (TPSA) is 87.7 Å². The Labute approximate surface area is 244 Å². The van der Waals surface area contributed by atoms with Crippen LogP contribution in [0.5, 0.6) is 0 Å². The molecule has 0 fully saturated rings. The van der Waals surface area contributed by atoms with Crippen molar-refractivity contribution < 1.29 is 19.1 Å². The summed E-state index contributed by atoms with van der Waals surface area (Å²) < 4.78 is 5.50. The fraction of sp³-hybridized carbons (Fsp3) is 0.531. The van der Waals surface area contributed by atoms with E-state index in [1.165, 1.54) is 0 Å². The highest BCUT2D eigenvalue weighted by Gasteiger charge is 2.43. The second kappa shape index (κ2) is 14.6. The number of amides is 3. The fourth-order valence-corrected chi connectivity index (χ4v) is 4.94. The number of nitrogens with zero attached hydrogens (tertiary/aromatic N) is 1. The van der Waals surface area contributed by atoms with Crippen molar-refractivity contribution in [2.75, 3.05) is 12.0 Å². The summed E-state index contributed by atoms with van der Waals surface area (Å²) in [5.41, 5.74) is 2.31. The quantitative estimate of drug-likeness (QED) is 0.312. The lowest BCUT2D eigenvalue weighted by Crippen LogP contribution is -2.59. The Hall–Kier alpha value is -3.00. The molecule has 2 rings (SSSR count). The maximum absolute atomic E-state index is 14.5. The van der Waals surface area contributed by atoms with Crippen molar-refractivity contribution in [2.24, 2.45) is 0 Å². The lowest BCUT2D eigenvalue weighted by molar-refractivity contribution is -0.149. The summed E-state index contributed by atoms with van der Waals surface area (Å²) in [5.74, 6) is 0.0688. The largest absolute Gasteiger partial charge is 0.444 e. The van der Waals surface area contributed by atoms with Crippen molar-refractivity contribution in [2.45, 2.75) is 98.0 Å². The van der Waals surface area contributed by atoms with E-state index in [9.17, 15) is 14.4 Å². The van der Waals surface area contributed by atoms with Gasteiger partial charge in [0.2, 0.25) is 11.8 Å². The average Bonchev–Trinajstić information content (AvgIpc) is 2.87. The molecular weight excluding hydrogens is 522 g/mol. The van der Waals surface area contributed by atoms with E-state index in [1.54, 1.807) is 37.4 Å². The molecule has 2 N–H and O–H groups in total. The van der Waals surface area contributed by atoms with E-state index in [0.717, 1.165) is 22.3 Å². The smallest absolute Gasteiger partial charge is 0.408 e. The molecule has 7 nitrogen and oxygen atoms in total. The number of carbonyl (C=O) groups is 3. The van der Waals surface area contributed by atoms with Gasteiger partial charge in [0.25, 0.3) is 0 Å². The number of nitrogens with one attached hydrogen (secondary N) is 2. The van der Waals surface area contributed by atoms with Crippen LogP contribution in [0.3, 0.4) is 0 Å². The Morgan fingerprint density at radius 2 is 1.65 bits per heavy atom. The Bertz CT molecular complexity index is 1140. The molecule has 0 saturated heterocycles. The minimum absolute atomic E-state index is 0.272. The molecule has 2 aromatic carbocycles. The Balaban J connectivity index is 2.60. The molecule has 220 valence electrons. The third-order valence-electron chi connectivity index (χ3n) is 6.89. The Morgan fingerprint density at radius 1 is 1.00 bits per heavy atom. The molecule has 3 amide bonds. The molecular formula is C32H47N3O4S. The number of carbonyl (C=O) groups excluding carboxylic acids is 3. The highest BCUT2D eigenvalue weighted by molar-refractivity contribution is 7.98. The molecule has 2 atom stereocenters. The van der Waals surface area contributed by atoms with Crippen LogP contribution in [0.25, 0.3) is 0 Å². The van der Waals surface area contributed by atoms with Crippen LogP contribution in [0.1, 0.15) is 82.7 Å². The zero-order valence-electron chi connectivity index (χ0n) is 25.6. The number of hydrogen-bond acceptors (Lipinski definition) is 5. The minimum atomic E-state index is -0.899. The molecule has 40 heavy (non-hydrogen) atoms. The summed E-state index contributed by atoms with van der Waals surface area (Å²) in [7, 11) is 0. The zero-order valence-corrected chi connectivity index (χ0v) is 26.4. The summed E-state index contributed by atoms with van der Waals surface area (Å²) >= 11 is 1.59. The van der Waals surface area contributed by atoms with Crippen LogP contribution in [0, 0.1) is 13.8 Å². The molecule has 0 aromatic heterocycles. The van der Waals surface area contributed by atoms with Crippen LogP contribution >= 0.6 is 11.8 Å². The molecule has 0 bridgehead atoms. The van der Waals surface area contributed by atoms with Crippen molar-refractivity contribution >= 4 is 29.7 Å². The Morgan fingerprint density at radius 3 is 2.20 bits per heavy atom. The predicted octanol–water partition coefficient (Wildman–Crippen LogP) is 6.32. The SMILES string of the molecule is CCC(C)(C)N(C(=O)C(CCSC)NC(=O)OC(C)(C)C)C(C(=O)NCc1ccccc1)c1ccc(C)cc1C. The van der Waals surface area contributed by atoms with Crippen LogP contribution in [-0.2, 0) is 20.9 Å². The van der Waals surface area contributed by atoms with Gasteiger partial charge in [-0.05, 0) is 90.0 Å². The number of thioether (sulfide) groups is 1. The molecule has 2 aromatic rings. The van der Waals surface area contributed by atoms with Gasteiger partial charge in [0.1, 0.15) is 17.7 Å². The number of aryl methyl sites for hydroxylation is 2. The van der Waals surface area contributed by atoms with Crippen LogP contribution in [0.2, 0.25) is 0 Å². The Kier molecular flexibility index (Phi) is 12.1. The molecule has 0 aliphatic carbocycles. The molecule has 0 spiro atoms. The van der Waals surface area contributed by atoms with Gasteiger partial charge in [0, 0.05) is 12.1 Å². The van der Waals surface area contributed by atoms with Gasteiger partial charge in [0.05, 0.1) is 0 Å². The first-order valence-electron chi connectivity index (χ1n) is 13.9. The van der Waals surface area contributed by atoms with Gasteiger partial charge in [-0.3, -0.25) is 9.59 Å². The van der Waals surface area contributed by atoms with E-state index in [2.05, 4.69) is 10.6 Å². The molecule has 2 unspecified atom stereocenters. The highest BCUT2D eigenvalue weighted by Crippen LogP contribution is 2.34. The summed E-state index contributed by atoms with van der Waals surface area (Å²) in [4.78, 5) is 43.1. The van der Waals surface area contributed by atoms with Gasteiger partial charge in [0.15, 0.2) is 0 Å². The van der Waals surface area contributed by atoms with Gasteiger partial charge in [-0.1, -0.05) is 61.0 Å². The minimum Gasteiger partial charge on any atom is -0.444 e. The monoisotopic (exact) mass is 569 g/mol. The van der Waals surface area contributed by atoms with Crippen molar-refractivity contribution in [1.82, 2.24) is 15.5 Å². The van der Waals surface area contributed by atoms with Gasteiger partial charge >= 0.3 is 6.09 Å². The maximum atomic E-state index is 14.5. The number of alkyl carbamates (subject to hydrolysis) is 1. The van der Waals surface area contributed by atoms with E-state index in [-0.39, 0.29) is 11.8 Å². The van der Waals surface area contributed by atoms with E-state index >= 15 is 0 Å². The first kappa shape index (κ1) is 33.2. The fourth-order valence-electron chi connectivity index (χ4n) is 4.47. The van der Waals surface area contributed by atoms with E-state index in [0.29, 0.717) is 25.1 Å². The van der Waals surface area contributed by atoms with Crippen LogP contribution in [0.15, 0.2) is 48.5 Å². The molecule has 0 radical (unpaired) electrons. The molecule has 0 aliphatic heterocycles. The second-order valence-electron chi connectivity index (χ2n) is 11.8. The second-order valence-corrected chi connectivity index (χ2v) is 12.8. The van der Waals surface area contributed by atoms with Crippen molar-refractivity contribution in [3.05, 3.63) is 70.8 Å². The standard InChI is InChI=1S/C32H47N3O4S/c1-10-32(7,8)35(29(37)26(18-19-40-9)34-30(38)39-31(4,5)6)27(25-17-16-22(2)20-23(25)3)28(36)33-21-24-14-12-11-13-15-24/h11-17,20,26-27H,10,18-19,21H2,1-9H3,(H,33,36)(H,34,38). The van der Waals surface area contributed by atoms with Crippen LogP contribution < -0.4 is 10.6 Å². The lowest BCUT2D eigenvalue weighted by Gasteiger charge is -2.45. The zero-order chi connectivity index (χ0) is 30.1. The summed E-state index contributed by atoms with van der Waals surface area (Å²) in [5, 5.41) is 5.89. The van der Waals surface area contributed by atoms with Gasteiger partial charge in [-0.2, -0.15) is 11.8 Å². The normalized spacial score (nSPS) is 13.2. The summed E-state index contributed by atoms with van der Waals surface area (Å²) in [6.45, 7) is 15.6. The van der Waals surface area contributed by atoms with Crippen LogP contribution in [0.4, 0.5) is 4.79 Å². The number of benzene rings is 2.